The van der Waals surface area contributed by atoms with Gasteiger partial charge in [0.25, 0.3) is 0 Å². The second-order valence-corrected chi connectivity index (χ2v) is 5.97. The van der Waals surface area contributed by atoms with Crippen LogP contribution in [-0.4, -0.2) is 16.8 Å². The topological polar surface area (TPSA) is 39.1 Å². The van der Waals surface area contributed by atoms with E-state index in [0.29, 0.717) is 0 Å². The first-order valence-electron chi connectivity index (χ1n) is 5.83. The summed E-state index contributed by atoms with van der Waals surface area (Å²) in [6, 6.07) is 5.82. The molecule has 0 unspecified atom stereocenters. The average molecular weight is 389 g/mol. The summed E-state index contributed by atoms with van der Waals surface area (Å²) in [5, 5.41) is 7.54. The van der Waals surface area contributed by atoms with Crippen molar-refractivity contribution in [2.45, 2.75) is 13.5 Å². The van der Waals surface area contributed by atoms with E-state index in [9.17, 15) is 0 Å². The summed E-state index contributed by atoms with van der Waals surface area (Å²) >= 11 is 6.93. The Labute approximate surface area is 129 Å². The zero-order valence-corrected chi connectivity index (χ0v) is 14.2. The first-order valence-corrected chi connectivity index (χ1v) is 7.41. The van der Waals surface area contributed by atoms with Gasteiger partial charge in [0.15, 0.2) is 0 Å². The Morgan fingerprint density at radius 1 is 1.37 bits per heavy atom. The van der Waals surface area contributed by atoms with Gasteiger partial charge in [-0.15, -0.1) is 0 Å². The van der Waals surface area contributed by atoms with Crippen molar-refractivity contribution >= 4 is 31.9 Å². The molecule has 19 heavy (non-hydrogen) atoms. The van der Waals surface area contributed by atoms with Crippen molar-refractivity contribution in [3.8, 4) is 11.6 Å². The zero-order valence-electron chi connectivity index (χ0n) is 11.0. The van der Waals surface area contributed by atoms with Gasteiger partial charge in [-0.1, -0.05) is 15.9 Å². The van der Waals surface area contributed by atoms with Crippen LogP contribution in [0.3, 0.4) is 0 Å². The van der Waals surface area contributed by atoms with Gasteiger partial charge in [-0.05, 0) is 48.1 Å². The van der Waals surface area contributed by atoms with Crippen molar-refractivity contribution in [2.75, 3.05) is 7.05 Å². The van der Waals surface area contributed by atoms with Crippen LogP contribution in [0.2, 0.25) is 0 Å². The number of ether oxygens (including phenoxy) is 1. The molecule has 0 spiro atoms. The van der Waals surface area contributed by atoms with E-state index in [0.717, 1.165) is 38.4 Å². The van der Waals surface area contributed by atoms with E-state index in [4.69, 9.17) is 4.74 Å². The highest BCUT2D eigenvalue weighted by atomic mass is 79.9. The lowest BCUT2D eigenvalue weighted by atomic mass is 10.2. The standard InChI is InChI=1S/C13H15Br2N3O/c1-8-10(7-16-2)13(18(3)17-8)19-12-5-4-9(14)6-11(12)15/h4-6,16H,7H2,1-3H3. The van der Waals surface area contributed by atoms with Crippen LogP contribution in [0.1, 0.15) is 11.3 Å². The molecular weight excluding hydrogens is 374 g/mol. The van der Waals surface area contributed by atoms with Crippen LogP contribution in [0.5, 0.6) is 11.6 Å². The molecule has 0 saturated heterocycles. The number of benzene rings is 1. The van der Waals surface area contributed by atoms with E-state index in [1.54, 1.807) is 4.68 Å². The van der Waals surface area contributed by atoms with Gasteiger partial charge in [0.2, 0.25) is 5.88 Å². The molecule has 0 aliphatic heterocycles. The second kappa shape index (κ2) is 6.07. The third-order valence-corrected chi connectivity index (χ3v) is 3.86. The molecule has 0 aliphatic rings. The van der Waals surface area contributed by atoms with E-state index >= 15 is 0 Å². The quantitative estimate of drug-likeness (QED) is 0.866. The fraction of sp³-hybridized carbons (Fsp3) is 0.308. The Morgan fingerprint density at radius 2 is 2.11 bits per heavy atom. The summed E-state index contributed by atoms with van der Waals surface area (Å²) in [5.74, 6) is 1.53. The van der Waals surface area contributed by atoms with Crippen LogP contribution in [0.25, 0.3) is 0 Å². The van der Waals surface area contributed by atoms with Crippen molar-refractivity contribution in [1.29, 1.82) is 0 Å². The van der Waals surface area contributed by atoms with Crippen molar-refractivity contribution < 1.29 is 4.74 Å². The molecule has 0 saturated carbocycles. The highest BCUT2D eigenvalue weighted by Gasteiger charge is 2.15. The van der Waals surface area contributed by atoms with Gasteiger partial charge >= 0.3 is 0 Å². The van der Waals surface area contributed by atoms with Gasteiger partial charge in [0, 0.05) is 18.1 Å². The molecule has 102 valence electrons. The normalized spacial score (nSPS) is 10.8. The van der Waals surface area contributed by atoms with E-state index in [-0.39, 0.29) is 0 Å². The SMILES string of the molecule is CNCc1c(C)nn(C)c1Oc1ccc(Br)cc1Br. The largest absolute Gasteiger partial charge is 0.438 e. The van der Waals surface area contributed by atoms with Crippen LogP contribution in [-0.2, 0) is 13.6 Å². The fourth-order valence-electron chi connectivity index (χ4n) is 1.85. The van der Waals surface area contributed by atoms with Crippen molar-refractivity contribution in [2.24, 2.45) is 7.05 Å². The van der Waals surface area contributed by atoms with Gasteiger partial charge in [-0.25, -0.2) is 4.68 Å². The van der Waals surface area contributed by atoms with Gasteiger partial charge < -0.3 is 10.1 Å². The maximum absolute atomic E-state index is 5.99. The third-order valence-electron chi connectivity index (χ3n) is 2.74. The van der Waals surface area contributed by atoms with E-state index < -0.39 is 0 Å². The minimum atomic E-state index is 0.725. The van der Waals surface area contributed by atoms with Crippen molar-refractivity contribution in [3.05, 3.63) is 38.4 Å². The van der Waals surface area contributed by atoms with Crippen molar-refractivity contribution in [3.63, 3.8) is 0 Å². The van der Waals surface area contributed by atoms with Crippen LogP contribution in [0.4, 0.5) is 0 Å². The molecular formula is C13H15Br2N3O. The van der Waals surface area contributed by atoms with Gasteiger partial charge in [0.1, 0.15) is 5.75 Å². The van der Waals surface area contributed by atoms with E-state index in [1.165, 1.54) is 0 Å². The highest BCUT2D eigenvalue weighted by molar-refractivity contribution is 9.11. The molecule has 0 amide bonds. The lowest BCUT2D eigenvalue weighted by molar-refractivity contribution is 0.422. The predicted octanol–water partition coefficient (Wildman–Crippen LogP) is 3.77. The lowest BCUT2D eigenvalue weighted by Gasteiger charge is -2.10. The number of halogens is 2. The Hall–Kier alpha value is -0.850. The first kappa shape index (κ1) is 14.6. The summed E-state index contributed by atoms with van der Waals surface area (Å²) in [5.41, 5.74) is 2.04. The number of hydrogen-bond acceptors (Lipinski definition) is 3. The Kier molecular flexibility index (Phi) is 4.65. The smallest absolute Gasteiger partial charge is 0.222 e. The number of nitrogens with one attached hydrogen (secondary N) is 1. The molecule has 2 rings (SSSR count). The van der Waals surface area contributed by atoms with Gasteiger partial charge in [-0.3, -0.25) is 0 Å². The number of hydrogen-bond donors (Lipinski definition) is 1. The Balaban J connectivity index is 2.37. The summed E-state index contributed by atoms with van der Waals surface area (Å²) in [6.45, 7) is 2.71. The van der Waals surface area contributed by atoms with Gasteiger partial charge in [-0.2, -0.15) is 5.10 Å². The average Bonchev–Trinajstić information content (AvgIpc) is 2.60. The first-order chi connectivity index (χ1) is 9.02. The molecule has 1 N–H and O–H groups in total. The van der Waals surface area contributed by atoms with Crippen LogP contribution in [0.15, 0.2) is 27.1 Å². The minimum Gasteiger partial charge on any atom is -0.438 e. The van der Waals surface area contributed by atoms with Crippen molar-refractivity contribution in [1.82, 2.24) is 15.1 Å². The summed E-state index contributed by atoms with van der Waals surface area (Å²) in [6.07, 6.45) is 0. The second-order valence-electron chi connectivity index (χ2n) is 4.20. The molecule has 1 heterocycles. The molecule has 1 aromatic carbocycles. The highest BCUT2D eigenvalue weighted by Crippen LogP contribution is 2.34. The maximum Gasteiger partial charge on any atom is 0.222 e. The molecule has 0 fully saturated rings. The molecule has 0 aliphatic carbocycles. The molecule has 1 aromatic heterocycles. The van der Waals surface area contributed by atoms with Crippen LogP contribution in [0, 0.1) is 6.92 Å². The Bertz CT molecular complexity index is 596. The number of nitrogens with zero attached hydrogens (tertiary/aromatic N) is 2. The molecule has 2 aromatic rings. The number of rotatable bonds is 4. The van der Waals surface area contributed by atoms with E-state index in [1.807, 2.05) is 39.2 Å². The molecule has 4 nitrogen and oxygen atoms in total. The summed E-state index contributed by atoms with van der Waals surface area (Å²) in [7, 11) is 3.79. The molecule has 6 heteroatoms. The van der Waals surface area contributed by atoms with Gasteiger partial charge in [0.05, 0.1) is 15.7 Å². The monoisotopic (exact) mass is 387 g/mol. The van der Waals surface area contributed by atoms with E-state index in [2.05, 4.69) is 42.3 Å². The Morgan fingerprint density at radius 3 is 2.74 bits per heavy atom. The summed E-state index contributed by atoms with van der Waals surface area (Å²) < 4.78 is 9.65. The zero-order chi connectivity index (χ0) is 14.0. The predicted molar refractivity (Wildman–Crippen MR) is 82.6 cm³/mol. The molecule has 0 bridgehead atoms. The maximum atomic E-state index is 5.99. The number of aryl methyl sites for hydroxylation is 2. The molecule has 0 radical (unpaired) electrons. The van der Waals surface area contributed by atoms with Crippen LogP contribution >= 0.6 is 31.9 Å². The minimum absolute atomic E-state index is 0.725. The lowest BCUT2D eigenvalue weighted by Crippen LogP contribution is -2.07. The summed E-state index contributed by atoms with van der Waals surface area (Å²) in [4.78, 5) is 0. The fourth-order valence-corrected chi connectivity index (χ4v) is 2.98. The third kappa shape index (κ3) is 3.19. The van der Waals surface area contributed by atoms with Crippen LogP contribution < -0.4 is 10.1 Å². The molecule has 0 atom stereocenters. The number of aromatic nitrogens is 2.